The Balaban J connectivity index is 2.51. The van der Waals surface area contributed by atoms with Gasteiger partial charge in [-0.1, -0.05) is 18.2 Å². The van der Waals surface area contributed by atoms with E-state index in [9.17, 15) is 4.79 Å². The Morgan fingerprint density at radius 1 is 1.38 bits per heavy atom. The maximum absolute atomic E-state index is 10.9. The highest BCUT2D eigenvalue weighted by Crippen LogP contribution is 2.18. The number of fused-ring (bicyclic) bond motifs is 1. The Kier molecular flexibility index (Phi) is 1.89. The highest BCUT2D eigenvalue weighted by Gasteiger charge is 2.04. The van der Waals surface area contributed by atoms with Crippen LogP contribution in [0.2, 0.25) is 0 Å². The van der Waals surface area contributed by atoms with Crippen molar-refractivity contribution in [3.05, 3.63) is 42.4 Å². The average molecular weight is 172 g/mol. The summed E-state index contributed by atoms with van der Waals surface area (Å²) in [6.07, 6.45) is 3.49. The largest absolute Gasteiger partial charge is 0.361 e. The smallest absolute Gasteiger partial charge is 0.138 e. The number of benzene rings is 1. The quantitative estimate of drug-likeness (QED) is 0.740. The Labute approximate surface area is 76.6 Å². The highest BCUT2D eigenvalue weighted by atomic mass is 16.1. The summed E-state index contributed by atoms with van der Waals surface area (Å²) in [7, 11) is 0. The summed E-state index contributed by atoms with van der Waals surface area (Å²) in [5.74, 6) is 0.0738. The number of carbonyl (C=O) groups excluding carboxylic acids is 1. The van der Waals surface area contributed by atoms with Crippen molar-refractivity contribution in [3.63, 3.8) is 0 Å². The summed E-state index contributed by atoms with van der Waals surface area (Å²) >= 11 is 0. The van der Waals surface area contributed by atoms with E-state index in [1.54, 1.807) is 13.3 Å². The van der Waals surface area contributed by atoms with E-state index in [1.807, 2.05) is 30.5 Å². The first kappa shape index (κ1) is 8.05. The molecule has 1 radical (unpaired) electrons. The van der Waals surface area contributed by atoms with Crippen molar-refractivity contribution in [1.82, 2.24) is 4.98 Å². The number of nitrogens with one attached hydrogen (secondary N) is 1. The van der Waals surface area contributed by atoms with Gasteiger partial charge in [0, 0.05) is 17.1 Å². The Morgan fingerprint density at radius 2 is 2.15 bits per heavy atom. The van der Waals surface area contributed by atoms with Gasteiger partial charge in [-0.25, -0.2) is 0 Å². The van der Waals surface area contributed by atoms with Gasteiger partial charge in [0.1, 0.15) is 5.78 Å². The summed E-state index contributed by atoms with van der Waals surface area (Å²) in [5, 5.41) is 1.10. The third-order valence-corrected chi connectivity index (χ3v) is 1.98. The number of hydrogen-bond donors (Lipinski definition) is 1. The van der Waals surface area contributed by atoms with Crippen molar-refractivity contribution >= 4 is 16.7 Å². The zero-order valence-electron chi connectivity index (χ0n) is 7.37. The van der Waals surface area contributed by atoms with Crippen molar-refractivity contribution in [2.24, 2.45) is 0 Å². The van der Waals surface area contributed by atoms with Crippen LogP contribution in [0.15, 0.2) is 30.5 Å². The van der Waals surface area contributed by atoms with E-state index in [0.717, 1.165) is 16.5 Å². The topological polar surface area (TPSA) is 32.9 Å². The van der Waals surface area contributed by atoms with Crippen LogP contribution >= 0.6 is 0 Å². The van der Waals surface area contributed by atoms with Crippen LogP contribution in [0.4, 0.5) is 0 Å². The number of Topliss-reactive ketones (excluding diaryl/α,β-unsaturated/α-hetero) is 1. The average Bonchev–Trinajstić information content (AvgIpc) is 2.48. The zero-order chi connectivity index (χ0) is 9.26. The number of aromatic nitrogens is 1. The fourth-order valence-electron chi connectivity index (χ4n) is 1.43. The molecule has 0 aliphatic heterocycles. The summed E-state index contributed by atoms with van der Waals surface area (Å²) in [6, 6.07) is 7.93. The molecule has 2 aromatic rings. The molecule has 0 aliphatic carbocycles. The molecular formula is C11H10NO. The molecule has 1 N–H and O–H groups in total. The number of carbonyl (C=O) groups is 1. The van der Waals surface area contributed by atoms with Crippen molar-refractivity contribution in [1.29, 1.82) is 0 Å². The van der Waals surface area contributed by atoms with E-state index in [0.29, 0.717) is 0 Å². The predicted octanol–water partition coefficient (Wildman–Crippen LogP) is 2.31. The lowest BCUT2D eigenvalue weighted by atomic mass is 10.1. The maximum atomic E-state index is 10.9. The summed E-state index contributed by atoms with van der Waals surface area (Å²) in [4.78, 5) is 14.0. The van der Waals surface area contributed by atoms with Gasteiger partial charge in [0.05, 0.1) is 6.42 Å². The standard InChI is InChI=1S/C11H10NO/c1-8(13)6-9-7-12-11-5-3-2-4-10(9)11/h2-7,12H,1H3. The van der Waals surface area contributed by atoms with Crippen LogP contribution in [-0.2, 0) is 4.79 Å². The molecule has 65 valence electrons. The van der Waals surface area contributed by atoms with Crippen LogP contribution in [0.3, 0.4) is 0 Å². The normalized spacial score (nSPS) is 10.5. The van der Waals surface area contributed by atoms with Gasteiger partial charge in [0.15, 0.2) is 0 Å². The lowest BCUT2D eigenvalue weighted by Gasteiger charge is -1.92. The monoisotopic (exact) mass is 172 g/mol. The van der Waals surface area contributed by atoms with Crippen molar-refractivity contribution in [3.8, 4) is 0 Å². The van der Waals surface area contributed by atoms with Gasteiger partial charge in [0.2, 0.25) is 0 Å². The lowest BCUT2D eigenvalue weighted by molar-refractivity contribution is -0.113. The van der Waals surface area contributed by atoms with Gasteiger partial charge in [-0.3, -0.25) is 4.79 Å². The van der Waals surface area contributed by atoms with E-state index < -0.39 is 0 Å². The molecule has 0 amide bonds. The molecule has 2 rings (SSSR count). The van der Waals surface area contributed by atoms with E-state index in [-0.39, 0.29) is 5.78 Å². The minimum atomic E-state index is 0.0738. The molecule has 0 unspecified atom stereocenters. The SMILES string of the molecule is CC(=O)[CH]c1c[nH]c2ccccc12. The summed E-state index contributed by atoms with van der Waals surface area (Å²) in [5.41, 5.74) is 2.03. The van der Waals surface area contributed by atoms with Crippen LogP contribution < -0.4 is 0 Å². The molecule has 1 aromatic heterocycles. The Bertz CT molecular complexity index is 442. The maximum Gasteiger partial charge on any atom is 0.138 e. The molecule has 0 saturated carbocycles. The van der Waals surface area contributed by atoms with Gasteiger partial charge in [-0.05, 0) is 18.6 Å². The molecule has 0 bridgehead atoms. The fraction of sp³-hybridized carbons (Fsp3) is 0.0909. The third-order valence-electron chi connectivity index (χ3n) is 1.98. The van der Waals surface area contributed by atoms with Crippen LogP contribution in [0.5, 0.6) is 0 Å². The van der Waals surface area contributed by atoms with Crippen molar-refractivity contribution in [2.45, 2.75) is 6.92 Å². The first-order valence-electron chi connectivity index (χ1n) is 4.19. The molecule has 1 aromatic carbocycles. The number of H-pyrrole nitrogens is 1. The van der Waals surface area contributed by atoms with Gasteiger partial charge in [-0.2, -0.15) is 0 Å². The number of ketones is 1. The molecule has 0 spiro atoms. The lowest BCUT2D eigenvalue weighted by Crippen LogP contribution is -1.90. The highest BCUT2D eigenvalue weighted by molar-refractivity contribution is 5.95. The zero-order valence-corrected chi connectivity index (χ0v) is 7.37. The minimum absolute atomic E-state index is 0.0738. The van der Waals surface area contributed by atoms with Crippen LogP contribution in [-0.4, -0.2) is 10.8 Å². The second-order valence-electron chi connectivity index (χ2n) is 3.04. The van der Waals surface area contributed by atoms with E-state index in [2.05, 4.69) is 4.98 Å². The number of rotatable bonds is 2. The van der Waals surface area contributed by atoms with Crippen molar-refractivity contribution in [2.75, 3.05) is 0 Å². The van der Waals surface area contributed by atoms with Crippen molar-refractivity contribution < 1.29 is 4.79 Å². The van der Waals surface area contributed by atoms with Gasteiger partial charge >= 0.3 is 0 Å². The van der Waals surface area contributed by atoms with Crippen LogP contribution in [0.1, 0.15) is 12.5 Å². The summed E-state index contributed by atoms with van der Waals surface area (Å²) < 4.78 is 0. The first-order valence-corrected chi connectivity index (χ1v) is 4.19. The van der Waals surface area contributed by atoms with Gasteiger partial charge in [-0.15, -0.1) is 0 Å². The molecule has 1 heterocycles. The Hall–Kier alpha value is -1.57. The molecular weight excluding hydrogens is 162 g/mol. The number of hydrogen-bond acceptors (Lipinski definition) is 1. The molecule has 2 heteroatoms. The number of aromatic amines is 1. The summed E-state index contributed by atoms with van der Waals surface area (Å²) in [6.45, 7) is 1.56. The first-order chi connectivity index (χ1) is 6.27. The molecule has 0 fully saturated rings. The second-order valence-corrected chi connectivity index (χ2v) is 3.04. The fourth-order valence-corrected chi connectivity index (χ4v) is 1.43. The Morgan fingerprint density at radius 3 is 2.92 bits per heavy atom. The van der Waals surface area contributed by atoms with E-state index >= 15 is 0 Å². The van der Waals surface area contributed by atoms with E-state index in [4.69, 9.17) is 0 Å². The predicted molar refractivity (Wildman–Crippen MR) is 52.4 cm³/mol. The van der Waals surface area contributed by atoms with Crippen LogP contribution in [0, 0.1) is 6.42 Å². The molecule has 2 nitrogen and oxygen atoms in total. The molecule has 13 heavy (non-hydrogen) atoms. The van der Waals surface area contributed by atoms with E-state index in [1.165, 1.54) is 0 Å². The van der Waals surface area contributed by atoms with Gasteiger partial charge < -0.3 is 4.98 Å². The molecule has 0 atom stereocenters. The molecule has 0 aliphatic rings. The van der Waals surface area contributed by atoms with Crippen LogP contribution in [0.25, 0.3) is 10.9 Å². The van der Waals surface area contributed by atoms with Gasteiger partial charge in [0.25, 0.3) is 0 Å². The third kappa shape index (κ3) is 1.47. The second kappa shape index (κ2) is 3.05. The number of para-hydroxylation sites is 1. The minimum Gasteiger partial charge on any atom is -0.361 e. The molecule has 0 saturated heterocycles.